The van der Waals surface area contributed by atoms with E-state index >= 15 is 0 Å². The summed E-state index contributed by atoms with van der Waals surface area (Å²) in [5.74, 6) is 1.30. The van der Waals surface area contributed by atoms with Gasteiger partial charge in [-0.2, -0.15) is 0 Å². The first kappa shape index (κ1) is 18.2. The lowest BCUT2D eigenvalue weighted by Gasteiger charge is -2.31. The second-order valence-electron chi connectivity index (χ2n) is 7.83. The van der Waals surface area contributed by atoms with Gasteiger partial charge in [-0.25, -0.2) is 0 Å². The zero-order chi connectivity index (χ0) is 16.0. The minimum atomic E-state index is 0.365. The van der Waals surface area contributed by atoms with Crippen LogP contribution in [0.3, 0.4) is 0 Å². The van der Waals surface area contributed by atoms with Crippen LogP contribution in [0, 0.1) is 11.3 Å². The largest absolute Gasteiger partial charge is 0.310 e. The molecule has 0 bridgehead atoms. The van der Waals surface area contributed by atoms with Crippen LogP contribution in [0.5, 0.6) is 0 Å². The maximum atomic E-state index is 3.74. The van der Waals surface area contributed by atoms with Gasteiger partial charge < -0.3 is 5.32 Å². The van der Waals surface area contributed by atoms with Gasteiger partial charge in [-0.15, -0.1) is 0 Å². The predicted octanol–water partition coefficient (Wildman–Crippen LogP) is 5.92. The third-order valence-electron chi connectivity index (χ3n) is 4.71. The normalized spacial score (nSPS) is 15.2. The van der Waals surface area contributed by atoms with Crippen LogP contribution < -0.4 is 5.32 Å². The lowest BCUT2D eigenvalue weighted by molar-refractivity contribution is 0.223. The van der Waals surface area contributed by atoms with Gasteiger partial charge in [0.25, 0.3) is 0 Å². The smallest absolute Gasteiger partial charge is 0.0322 e. The molecule has 2 atom stereocenters. The first-order valence-electron chi connectivity index (χ1n) is 8.59. The fraction of sp³-hybridized carbons (Fsp3) is 0.700. The number of benzene rings is 1. The molecule has 2 unspecified atom stereocenters. The van der Waals surface area contributed by atoms with Crippen molar-refractivity contribution >= 4 is 0 Å². The summed E-state index contributed by atoms with van der Waals surface area (Å²) in [4.78, 5) is 0. The number of hydrogen-bond acceptors (Lipinski definition) is 1. The molecule has 0 radical (unpaired) electrons. The predicted molar refractivity (Wildman–Crippen MR) is 94.8 cm³/mol. The van der Waals surface area contributed by atoms with Gasteiger partial charge in [-0.05, 0) is 47.8 Å². The summed E-state index contributed by atoms with van der Waals surface area (Å²) in [6, 6.07) is 9.70. The molecule has 0 saturated heterocycles. The maximum Gasteiger partial charge on any atom is 0.0322 e. The zero-order valence-electron chi connectivity index (χ0n) is 15.2. The van der Waals surface area contributed by atoms with Crippen molar-refractivity contribution < 1.29 is 0 Å². The summed E-state index contributed by atoms with van der Waals surface area (Å²) >= 11 is 0. The van der Waals surface area contributed by atoms with Crippen LogP contribution in [-0.2, 0) is 0 Å². The molecular weight excluding hydrogens is 254 g/mol. The van der Waals surface area contributed by atoms with Crippen LogP contribution in [0.25, 0.3) is 0 Å². The summed E-state index contributed by atoms with van der Waals surface area (Å²) in [6.45, 7) is 17.2. The molecule has 1 aromatic carbocycles. The average molecular weight is 290 g/mol. The van der Waals surface area contributed by atoms with Crippen molar-refractivity contribution in [2.24, 2.45) is 11.3 Å². The van der Waals surface area contributed by atoms with Crippen LogP contribution in [-0.4, -0.2) is 6.54 Å². The Hall–Kier alpha value is -0.820. The fourth-order valence-electron chi connectivity index (χ4n) is 2.48. The molecule has 1 heteroatoms. The van der Waals surface area contributed by atoms with Gasteiger partial charge in [0.15, 0.2) is 0 Å². The summed E-state index contributed by atoms with van der Waals surface area (Å²) in [6.07, 6.45) is 2.38. The molecular formula is C20H35N. The van der Waals surface area contributed by atoms with Crippen LogP contribution >= 0.6 is 0 Å². The van der Waals surface area contributed by atoms with Crippen molar-refractivity contribution in [2.75, 3.05) is 6.54 Å². The van der Waals surface area contributed by atoms with E-state index in [1.165, 1.54) is 24.0 Å². The van der Waals surface area contributed by atoms with Crippen molar-refractivity contribution in [1.29, 1.82) is 0 Å². The maximum absolute atomic E-state index is 3.74. The van der Waals surface area contributed by atoms with Gasteiger partial charge >= 0.3 is 0 Å². The summed E-state index contributed by atoms with van der Waals surface area (Å²) in [5.41, 5.74) is 3.23. The van der Waals surface area contributed by atoms with Crippen LogP contribution in [0.4, 0.5) is 0 Å². The Morgan fingerprint density at radius 3 is 1.90 bits per heavy atom. The quantitative estimate of drug-likeness (QED) is 0.656. The van der Waals surface area contributed by atoms with Crippen LogP contribution in [0.2, 0.25) is 0 Å². The molecule has 0 aromatic heterocycles. The number of rotatable bonds is 7. The van der Waals surface area contributed by atoms with Crippen molar-refractivity contribution in [2.45, 2.75) is 73.3 Å². The Bertz CT molecular complexity index is 397. The molecule has 0 aliphatic carbocycles. The zero-order valence-corrected chi connectivity index (χ0v) is 15.2. The highest BCUT2D eigenvalue weighted by atomic mass is 14.9. The summed E-state index contributed by atoms with van der Waals surface area (Å²) in [5, 5.41) is 3.74. The van der Waals surface area contributed by atoms with Crippen molar-refractivity contribution in [3.63, 3.8) is 0 Å². The van der Waals surface area contributed by atoms with E-state index in [1.54, 1.807) is 0 Å². The Balaban J connectivity index is 2.86. The molecule has 0 saturated carbocycles. The van der Waals surface area contributed by atoms with Crippen molar-refractivity contribution in [1.82, 2.24) is 5.32 Å². The minimum absolute atomic E-state index is 0.365. The van der Waals surface area contributed by atoms with Crippen LogP contribution in [0.15, 0.2) is 24.3 Å². The van der Waals surface area contributed by atoms with Gasteiger partial charge in [-0.3, -0.25) is 0 Å². The van der Waals surface area contributed by atoms with Crippen molar-refractivity contribution in [3.05, 3.63) is 35.4 Å². The first-order chi connectivity index (χ1) is 9.75. The van der Waals surface area contributed by atoms with E-state index < -0.39 is 0 Å². The second kappa shape index (κ2) is 7.98. The third kappa shape index (κ3) is 5.82. The molecule has 120 valence electrons. The highest BCUT2D eigenvalue weighted by Crippen LogP contribution is 2.33. The van der Waals surface area contributed by atoms with Crippen molar-refractivity contribution in [3.8, 4) is 0 Å². The average Bonchev–Trinajstić information content (AvgIpc) is 2.42. The molecule has 1 aromatic rings. The third-order valence-corrected chi connectivity index (χ3v) is 4.71. The van der Waals surface area contributed by atoms with E-state index in [9.17, 15) is 0 Å². The van der Waals surface area contributed by atoms with Gasteiger partial charge in [0.2, 0.25) is 0 Å². The number of hydrogen-bond donors (Lipinski definition) is 1. The Morgan fingerprint density at radius 1 is 0.952 bits per heavy atom. The lowest BCUT2D eigenvalue weighted by Crippen LogP contribution is -2.28. The highest BCUT2D eigenvalue weighted by Gasteiger charge is 2.24. The summed E-state index contributed by atoms with van der Waals surface area (Å²) < 4.78 is 0. The summed E-state index contributed by atoms with van der Waals surface area (Å²) in [7, 11) is 0. The monoisotopic (exact) mass is 289 g/mol. The molecule has 0 aliphatic heterocycles. The van der Waals surface area contributed by atoms with E-state index in [0.717, 1.165) is 6.54 Å². The molecule has 1 nitrogen and oxygen atoms in total. The molecule has 0 aliphatic rings. The molecule has 0 fully saturated rings. The van der Waals surface area contributed by atoms with E-state index in [1.807, 2.05) is 0 Å². The second-order valence-corrected chi connectivity index (χ2v) is 7.83. The molecule has 0 heterocycles. The van der Waals surface area contributed by atoms with E-state index in [4.69, 9.17) is 0 Å². The molecule has 1 N–H and O–H groups in total. The number of nitrogens with one attached hydrogen (secondary N) is 1. The van der Waals surface area contributed by atoms with Gasteiger partial charge in [0.05, 0.1) is 0 Å². The first-order valence-corrected chi connectivity index (χ1v) is 8.59. The molecule has 0 spiro atoms. The fourth-order valence-corrected chi connectivity index (χ4v) is 2.48. The van der Waals surface area contributed by atoms with E-state index in [-0.39, 0.29) is 0 Å². The molecule has 0 amide bonds. The topological polar surface area (TPSA) is 12.0 Å². The lowest BCUT2D eigenvalue weighted by atomic mass is 9.77. The molecule has 1 rings (SSSR count). The standard InChI is InChI=1S/C20H35N/c1-8-13-21-19(14-16(4)20(5,6)7)18-11-9-17(10-12-18)15(2)3/h9-12,15-16,19,21H,8,13-14H2,1-7H3. The van der Waals surface area contributed by atoms with Gasteiger partial charge in [-0.1, -0.05) is 72.7 Å². The minimum Gasteiger partial charge on any atom is -0.310 e. The Morgan fingerprint density at radius 2 is 1.48 bits per heavy atom. The SMILES string of the molecule is CCCNC(CC(C)C(C)(C)C)c1ccc(C(C)C)cc1. The highest BCUT2D eigenvalue weighted by molar-refractivity contribution is 5.27. The molecule has 21 heavy (non-hydrogen) atoms. The van der Waals surface area contributed by atoms with Gasteiger partial charge in [0.1, 0.15) is 0 Å². The van der Waals surface area contributed by atoms with E-state index in [0.29, 0.717) is 23.3 Å². The Kier molecular flexibility index (Phi) is 6.93. The van der Waals surface area contributed by atoms with Crippen LogP contribution in [0.1, 0.15) is 84.4 Å². The Labute approximate surface area is 132 Å². The van der Waals surface area contributed by atoms with Gasteiger partial charge in [0, 0.05) is 6.04 Å². The van der Waals surface area contributed by atoms with E-state index in [2.05, 4.69) is 78.0 Å².